The minimum atomic E-state index is -0.476. The van der Waals surface area contributed by atoms with E-state index < -0.39 is 6.10 Å². The summed E-state index contributed by atoms with van der Waals surface area (Å²) in [6.45, 7) is 11.4. The number of ether oxygens (including phenoxy) is 1. The molecule has 1 saturated heterocycles. The minimum Gasteiger partial charge on any atom is -0.481 e. The Balaban J connectivity index is 1.46. The van der Waals surface area contributed by atoms with Gasteiger partial charge in [-0.25, -0.2) is 0 Å². The van der Waals surface area contributed by atoms with Gasteiger partial charge in [0.25, 0.3) is 5.91 Å². The fraction of sp³-hybridized carbons (Fsp3) is 0.667. The third-order valence-electron chi connectivity index (χ3n) is 5.33. The summed E-state index contributed by atoms with van der Waals surface area (Å²) in [5.74, 6) is 1.32. The van der Waals surface area contributed by atoms with Crippen molar-refractivity contribution < 1.29 is 9.53 Å². The van der Waals surface area contributed by atoms with Crippen LogP contribution in [0.15, 0.2) is 24.3 Å². The third-order valence-corrected chi connectivity index (χ3v) is 5.33. The quantitative estimate of drug-likeness (QED) is 0.860. The highest BCUT2D eigenvalue weighted by Crippen LogP contribution is 2.31. The van der Waals surface area contributed by atoms with Crippen LogP contribution < -0.4 is 10.1 Å². The zero-order valence-corrected chi connectivity index (χ0v) is 16.0. The molecule has 0 bridgehead atoms. The van der Waals surface area contributed by atoms with E-state index in [-0.39, 0.29) is 11.3 Å². The maximum absolute atomic E-state index is 12.4. The number of hydrogen-bond acceptors (Lipinski definition) is 3. The molecule has 1 N–H and O–H groups in total. The molecule has 0 spiro atoms. The van der Waals surface area contributed by atoms with E-state index in [1.807, 2.05) is 25.1 Å². The van der Waals surface area contributed by atoms with Gasteiger partial charge in [0.05, 0.1) is 0 Å². The molecule has 1 saturated carbocycles. The molecular formula is C21H32N2O2. The van der Waals surface area contributed by atoms with Gasteiger partial charge >= 0.3 is 0 Å². The van der Waals surface area contributed by atoms with E-state index in [1.165, 1.54) is 31.4 Å². The standard InChI is InChI=1S/C21H32N2O2/c1-15(25-19-7-5-6-17(12-19)21(2,3)4)20(24)22-13-16-10-11-23(14-16)18-8-9-18/h5-7,12,15-16,18H,8-11,13-14H2,1-4H3,(H,22,24). The highest BCUT2D eigenvalue weighted by Gasteiger charge is 2.34. The molecule has 1 aromatic carbocycles. The van der Waals surface area contributed by atoms with Crippen LogP contribution in [-0.4, -0.2) is 42.6 Å². The number of amides is 1. The molecule has 1 aliphatic heterocycles. The van der Waals surface area contributed by atoms with Gasteiger partial charge in [0.15, 0.2) is 6.10 Å². The van der Waals surface area contributed by atoms with Crippen molar-refractivity contribution in [2.75, 3.05) is 19.6 Å². The van der Waals surface area contributed by atoms with E-state index in [0.29, 0.717) is 5.92 Å². The van der Waals surface area contributed by atoms with Crippen molar-refractivity contribution in [1.29, 1.82) is 0 Å². The van der Waals surface area contributed by atoms with Crippen LogP contribution in [-0.2, 0) is 10.2 Å². The van der Waals surface area contributed by atoms with Crippen molar-refractivity contribution in [3.63, 3.8) is 0 Å². The molecule has 1 aliphatic carbocycles. The molecule has 3 rings (SSSR count). The van der Waals surface area contributed by atoms with Gasteiger partial charge in [-0.3, -0.25) is 4.79 Å². The Morgan fingerprint density at radius 3 is 2.76 bits per heavy atom. The Labute approximate surface area is 151 Å². The summed E-state index contributed by atoms with van der Waals surface area (Å²) in [5, 5.41) is 3.08. The van der Waals surface area contributed by atoms with Crippen LogP contribution in [0.2, 0.25) is 0 Å². The van der Waals surface area contributed by atoms with Crippen LogP contribution in [0.3, 0.4) is 0 Å². The van der Waals surface area contributed by atoms with Gasteiger partial charge in [-0.05, 0) is 61.8 Å². The first-order valence-corrected chi connectivity index (χ1v) is 9.62. The molecule has 1 amide bonds. The maximum atomic E-state index is 12.4. The maximum Gasteiger partial charge on any atom is 0.260 e. The Kier molecular flexibility index (Phi) is 5.38. The van der Waals surface area contributed by atoms with Crippen LogP contribution in [0.5, 0.6) is 5.75 Å². The van der Waals surface area contributed by atoms with E-state index in [1.54, 1.807) is 0 Å². The molecule has 0 radical (unpaired) electrons. The highest BCUT2D eigenvalue weighted by atomic mass is 16.5. The fourth-order valence-corrected chi connectivity index (χ4v) is 3.48. The molecular weight excluding hydrogens is 312 g/mol. The number of likely N-dealkylation sites (tertiary alicyclic amines) is 1. The summed E-state index contributed by atoms with van der Waals surface area (Å²) in [6, 6.07) is 8.88. The van der Waals surface area contributed by atoms with Crippen molar-refractivity contribution in [3.05, 3.63) is 29.8 Å². The van der Waals surface area contributed by atoms with Crippen molar-refractivity contribution in [3.8, 4) is 5.75 Å². The summed E-state index contributed by atoms with van der Waals surface area (Å²) < 4.78 is 5.87. The number of carbonyl (C=O) groups is 1. The molecule has 2 atom stereocenters. The predicted molar refractivity (Wildman–Crippen MR) is 101 cm³/mol. The molecule has 1 aromatic rings. The summed E-state index contributed by atoms with van der Waals surface area (Å²) in [5.41, 5.74) is 1.28. The van der Waals surface area contributed by atoms with Crippen molar-refractivity contribution in [2.24, 2.45) is 5.92 Å². The SMILES string of the molecule is CC(Oc1cccc(C(C)(C)C)c1)C(=O)NCC1CCN(C2CC2)C1. The summed E-state index contributed by atoms with van der Waals surface area (Å²) in [7, 11) is 0. The lowest BCUT2D eigenvalue weighted by atomic mass is 9.87. The monoisotopic (exact) mass is 344 g/mol. The van der Waals surface area contributed by atoms with Gasteiger partial charge in [0.1, 0.15) is 5.75 Å². The van der Waals surface area contributed by atoms with E-state index in [2.05, 4.69) is 37.1 Å². The molecule has 2 aliphatic rings. The van der Waals surface area contributed by atoms with Crippen LogP contribution in [0.1, 0.15) is 52.5 Å². The van der Waals surface area contributed by atoms with Crippen LogP contribution in [0.25, 0.3) is 0 Å². The molecule has 4 nitrogen and oxygen atoms in total. The Hall–Kier alpha value is -1.55. The first-order valence-electron chi connectivity index (χ1n) is 9.62. The van der Waals surface area contributed by atoms with E-state index in [9.17, 15) is 4.79 Å². The van der Waals surface area contributed by atoms with Gasteiger partial charge < -0.3 is 15.0 Å². The number of benzene rings is 1. The largest absolute Gasteiger partial charge is 0.481 e. The number of rotatable bonds is 6. The van der Waals surface area contributed by atoms with Gasteiger partial charge in [-0.1, -0.05) is 32.9 Å². The normalized spacial score (nSPS) is 22.6. The summed E-state index contributed by atoms with van der Waals surface area (Å²) in [4.78, 5) is 14.9. The van der Waals surface area contributed by atoms with Gasteiger partial charge in [0, 0.05) is 19.1 Å². The zero-order chi connectivity index (χ0) is 18.0. The average molecular weight is 344 g/mol. The molecule has 4 heteroatoms. The van der Waals surface area contributed by atoms with Gasteiger partial charge in [-0.2, -0.15) is 0 Å². The number of carbonyl (C=O) groups excluding carboxylic acids is 1. The Morgan fingerprint density at radius 1 is 1.32 bits per heavy atom. The predicted octanol–water partition coefficient (Wildman–Crippen LogP) is 3.35. The Morgan fingerprint density at radius 2 is 2.08 bits per heavy atom. The fourth-order valence-electron chi connectivity index (χ4n) is 3.48. The lowest BCUT2D eigenvalue weighted by Gasteiger charge is -2.21. The van der Waals surface area contributed by atoms with Gasteiger partial charge in [-0.15, -0.1) is 0 Å². The van der Waals surface area contributed by atoms with Crippen molar-refractivity contribution >= 4 is 5.91 Å². The smallest absolute Gasteiger partial charge is 0.260 e. The first kappa shape index (κ1) is 18.2. The zero-order valence-electron chi connectivity index (χ0n) is 16.0. The number of hydrogen-bond donors (Lipinski definition) is 1. The molecule has 25 heavy (non-hydrogen) atoms. The van der Waals surface area contributed by atoms with Crippen LogP contribution >= 0.6 is 0 Å². The lowest BCUT2D eigenvalue weighted by Crippen LogP contribution is -2.39. The second-order valence-corrected chi connectivity index (χ2v) is 8.66. The van der Waals surface area contributed by atoms with E-state index in [0.717, 1.165) is 24.9 Å². The van der Waals surface area contributed by atoms with Crippen molar-refractivity contribution in [2.45, 2.75) is 64.5 Å². The van der Waals surface area contributed by atoms with E-state index in [4.69, 9.17) is 4.74 Å². The summed E-state index contributed by atoms with van der Waals surface area (Å²) in [6.07, 6.45) is 3.44. The topological polar surface area (TPSA) is 41.6 Å². The average Bonchev–Trinajstić information content (AvgIpc) is 3.31. The van der Waals surface area contributed by atoms with Crippen LogP contribution in [0.4, 0.5) is 0 Å². The second-order valence-electron chi connectivity index (χ2n) is 8.66. The molecule has 2 fully saturated rings. The Bertz CT molecular complexity index is 604. The molecule has 0 aromatic heterocycles. The molecule has 2 unspecified atom stereocenters. The summed E-state index contributed by atoms with van der Waals surface area (Å²) >= 11 is 0. The minimum absolute atomic E-state index is 0.0222. The lowest BCUT2D eigenvalue weighted by molar-refractivity contribution is -0.127. The van der Waals surface area contributed by atoms with Gasteiger partial charge in [0.2, 0.25) is 0 Å². The second kappa shape index (κ2) is 7.36. The molecule has 138 valence electrons. The number of nitrogens with zero attached hydrogens (tertiary/aromatic N) is 1. The molecule has 1 heterocycles. The highest BCUT2D eigenvalue weighted by molar-refractivity contribution is 5.80. The number of nitrogens with one attached hydrogen (secondary N) is 1. The van der Waals surface area contributed by atoms with Crippen LogP contribution in [0, 0.1) is 5.92 Å². The third kappa shape index (κ3) is 4.97. The van der Waals surface area contributed by atoms with E-state index >= 15 is 0 Å². The van der Waals surface area contributed by atoms with Crippen molar-refractivity contribution in [1.82, 2.24) is 10.2 Å². The first-order chi connectivity index (χ1) is 11.8.